The predicted octanol–water partition coefficient (Wildman–Crippen LogP) is 3.08. The van der Waals surface area contributed by atoms with Gasteiger partial charge in [-0.2, -0.15) is 0 Å². The average molecular weight is 468 g/mol. The maximum absolute atomic E-state index is 12.5. The number of benzene rings is 2. The van der Waals surface area contributed by atoms with E-state index >= 15 is 0 Å². The number of hydrogen-bond donors (Lipinski definition) is 2. The number of nitrogens with one attached hydrogen (secondary N) is 2. The van der Waals surface area contributed by atoms with E-state index in [0.29, 0.717) is 31.1 Å². The fraction of sp³-hybridized carbons (Fsp3) is 0.423. The first-order chi connectivity index (χ1) is 16.4. The van der Waals surface area contributed by atoms with Crippen LogP contribution in [0, 0.1) is 12.8 Å². The van der Waals surface area contributed by atoms with E-state index < -0.39 is 0 Å². The molecule has 2 aromatic rings. The Labute approximate surface area is 200 Å². The first-order valence-corrected chi connectivity index (χ1v) is 11.6. The molecule has 0 radical (unpaired) electrons. The van der Waals surface area contributed by atoms with Crippen molar-refractivity contribution in [1.29, 1.82) is 0 Å². The van der Waals surface area contributed by atoms with Gasteiger partial charge in [-0.3, -0.25) is 14.4 Å². The molecule has 1 aliphatic heterocycles. The highest BCUT2D eigenvalue weighted by molar-refractivity contribution is 6.00. The molecule has 1 fully saturated rings. The Balaban J connectivity index is 1.51. The number of anilines is 2. The minimum Gasteiger partial charge on any atom is -0.484 e. The molecule has 0 aromatic heterocycles. The SMILES string of the molecule is CCc1cccc(C)c1NC(=O)COc1ccc(N2C[C@H](C(=O)NCCCOC)CC2=O)cc1. The summed E-state index contributed by atoms with van der Waals surface area (Å²) in [6.45, 7) is 5.34. The first-order valence-electron chi connectivity index (χ1n) is 11.6. The molecule has 3 rings (SSSR count). The van der Waals surface area contributed by atoms with E-state index in [1.807, 2.05) is 32.0 Å². The van der Waals surface area contributed by atoms with Gasteiger partial charge in [-0.25, -0.2) is 0 Å². The number of para-hydroxylation sites is 1. The summed E-state index contributed by atoms with van der Waals surface area (Å²) in [6.07, 6.45) is 1.75. The van der Waals surface area contributed by atoms with Crippen molar-refractivity contribution < 1.29 is 23.9 Å². The van der Waals surface area contributed by atoms with Gasteiger partial charge in [0.15, 0.2) is 6.61 Å². The van der Waals surface area contributed by atoms with Crippen LogP contribution < -0.4 is 20.3 Å². The monoisotopic (exact) mass is 467 g/mol. The molecule has 182 valence electrons. The number of rotatable bonds is 11. The molecule has 0 aliphatic carbocycles. The van der Waals surface area contributed by atoms with Crippen LogP contribution in [0.5, 0.6) is 5.75 Å². The number of hydrogen-bond acceptors (Lipinski definition) is 5. The number of carbonyl (C=O) groups excluding carboxylic acids is 3. The van der Waals surface area contributed by atoms with Crippen LogP contribution in [0.2, 0.25) is 0 Å². The molecule has 8 heteroatoms. The third kappa shape index (κ3) is 6.57. The van der Waals surface area contributed by atoms with Gasteiger partial charge in [0.05, 0.1) is 5.92 Å². The molecule has 2 N–H and O–H groups in total. The van der Waals surface area contributed by atoms with Crippen LogP contribution in [-0.4, -0.2) is 51.1 Å². The molecule has 1 saturated heterocycles. The minimum absolute atomic E-state index is 0.0879. The average Bonchev–Trinajstić information content (AvgIpc) is 3.23. The second-order valence-corrected chi connectivity index (χ2v) is 8.34. The number of methoxy groups -OCH3 is 1. The number of nitrogens with zero attached hydrogens (tertiary/aromatic N) is 1. The van der Waals surface area contributed by atoms with Crippen molar-refractivity contribution in [3.8, 4) is 5.75 Å². The molecular weight excluding hydrogens is 434 g/mol. The molecule has 0 unspecified atom stereocenters. The van der Waals surface area contributed by atoms with Gasteiger partial charge in [-0.15, -0.1) is 0 Å². The summed E-state index contributed by atoms with van der Waals surface area (Å²) in [5.41, 5.74) is 3.62. The fourth-order valence-electron chi connectivity index (χ4n) is 3.95. The van der Waals surface area contributed by atoms with Gasteiger partial charge >= 0.3 is 0 Å². The van der Waals surface area contributed by atoms with E-state index in [-0.39, 0.29) is 36.7 Å². The van der Waals surface area contributed by atoms with E-state index in [1.54, 1.807) is 36.3 Å². The molecule has 2 aromatic carbocycles. The highest BCUT2D eigenvalue weighted by Gasteiger charge is 2.34. The Hall–Kier alpha value is -3.39. The molecule has 0 spiro atoms. The Bertz CT molecular complexity index is 1010. The smallest absolute Gasteiger partial charge is 0.262 e. The number of aryl methyl sites for hydroxylation is 2. The molecule has 3 amide bonds. The third-order valence-corrected chi connectivity index (χ3v) is 5.84. The lowest BCUT2D eigenvalue weighted by molar-refractivity contribution is -0.126. The van der Waals surface area contributed by atoms with E-state index in [0.717, 1.165) is 29.7 Å². The zero-order valence-corrected chi connectivity index (χ0v) is 20.1. The van der Waals surface area contributed by atoms with Crippen LogP contribution in [0.4, 0.5) is 11.4 Å². The van der Waals surface area contributed by atoms with Crippen molar-refractivity contribution >= 4 is 29.1 Å². The second kappa shape index (κ2) is 12.2. The van der Waals surface area contributed by atoms with Crippen LogP contribution in [0.3, 0.4) is 0 Å². The van der Waals surface area contributed by atoms with Crippen LogP contribution in [0.25, 0.3) is 0 Å². The fourth-order valence-corrected chi connectivity index (χ4v) is 3.95. The lowest BCUT2D eigenvalue weighted by Gasteiger charge is -2.17. The molecule has 8 nitrogen and oxygen atoms in total. The summed E-state index contributed by atoms with van der Waals surface area (Å²) in [5, 5.41) is 5.80. The Morgan fingerprint density at radius 2 is 1.91 bits per heavy atom. The van der Waals surface area contributed by atoms with Crippen molar-refractivity contribution in [2.24, 2.45) is 5.92 Å². The van der Waals surface area contributed by atoms with Crippen LogP contribution in [-0.2, 0) is 25.5 Å². The van der Waals surface area contributed by atoms with Gasteiger partial charge in [0.1, 0.15) is 5.75 Å². The minimum atomic E-state index is -0.371. The lowest BCUT2D eigenvalue weighted by atomic mass is 10.1. The maximum atomic E-state index is 12.5. The van der Waals surface area contributed by atoms with E-state index in [2.05, 4.69) is 10.6 Å². The standard InChI is InChI=1S/C26H33N3O5/c1-4-19-8-5-7-18(2)25(19)28-23(30)17-34-22-11-9-21(10-12-22)29-16-20(15-24(29)31)26(32)27-13-6-14-33-3/h5,7-12,20H,4,6,13-17H2,1-3H3,(H,27,32)(H,28,30)/t20-/m1/s1. The quantitative estimate of drug-likeness (QED) is 0.495. The summed E-state index contributed by atoms with van der Waals surface area (Å²) < 4.78 is 10.6. The van der Waals surface area contributed by atoms with Crippen LogP contribution in [0.1, 0.15) is 30.9 Å². The Kier molecular flexibility index (Phi) is 9.04. The second-order valence-electron chi connectivity index (χ2n) is 8.34. The molecule has 0 bridgehead atoms. The summed E-state index contributed by atoms with van der Waals surface area (Å²) >= 11 is 0. The zero-order valence-electron chi connectivity index (χ0n) is 20.1. The van der Waals surface area contributed by atoms with Gasteiger partial charge < -0.3 is 25.0 Å². The zero-order chi connectivity index (χ0) is 24.5. The normalized spacial score (nSPS) is 15.3. The highest BCUT2D eigenvalue weighted by Crippen LogP contribution is 2.27. The summed E-state index contributed by atoms with van der Waals surface area (Å²) in [4.78, 5) is 38.8. The van der Waals surface area contributed by atoms with Crippen molar-refractivity contribution in [2.45, 2.75) is 33.1 Å². The molecule has 1 aliphatic rings. The van der Waals surface area contributed by atoms with Gasteiger partial charge in [0.25, 0.3) is 5.91 Å². The molecule has 0 saturated carbocycles. The van der Waals surface area contributed by atoms with Crippen LogP contribution >= 0.6 is 0 Å². The van der Waals surface area contributed by atoms with Crippen molar-refractivity contribution in [2.75, 3.05) is 43.6 Å². The predicted molar refractivity (Wildman–Crippen MR) is 131 cm³/mol. The Morgan fingerprint density at radius 3 is 2.62 bits per heavy atom. The first kappa shape index (κ1) is 25.2. The molecular formula is C26H33N3O5. The summed E-state index contributed by atoms with van der Waals surface area (Å²) in [7, 11) is 1.62. The van der Waals surface area contributed by atoms with Gasteiger partial charge in [0, 0.05) is 44.6 Å². The maximum Gasteiger partial charge on any atom is 0.262 e. The van der Waals surface area contributed by atoms with Gasteiger partial charge in [-0.1, -0.05) is 25.1 Å². The largest absolute Gasteiger partial charge is 0.484 e. The van der Waals surface area contributed by atoms with Gasteiger partial charge in [0.2, 0.25) is 11.8 Å². The summed E-state index contributed by atoms with van der Waals surface area (Å²) in [5.74, 6) is -0.280. The number of amides is 3. The van der Waals surface area contributed by atoms with Crippen LogP contribution in [0.15, 0.2) is 42.5 Å². The molecule has 34 heavy (non-hydrogen) atoms. The third-order valence-electron chi connectivity index (χ3n) is 5.84. The molecule has 1 heterocycles. The highest BCUT2D eigenvalue weighted by atomic mass is 16.5. The lowest BCUT2D eigenvalue weighted by Crippen LogP contribution is -2.33. The summed E-state index contributed by atoms with van der Waals surface area (Å²) in [6, 6.07) is 12.9. The van der Waals surface area contributed by atoms with Gasteiger partial charge in [-0.05, 0) is 55.2 Å². The topological polar surface area (TPSA) is 97.0 Å². The number of carbonyl (C=O) groups is 3. The van der Waals surface area contributed by atoms with E-state index in [1.165, 1.54) is 0 Å². The van der Waals surface area contributed by atoms with Crippen molar-refractivity contribution in [1.82, 2.24) is 5.32 Å². The molecule has 1 atom stereocenters. The number of ether oxygens (including phenoxy) is 2. The Morgan fingerprint density at radius 1 is 1.15 bits per heavy atom. The van der Waals surface area contributed by atoms with Crippen molar-refractivity contribution in [3.05, 3.63) is 53.6 Å². The van der Waals surface area contributed by atoms with E-state index in [4.69, 9.17) is 9.47 Å². The van der Waals surface area contributed by atoms with E-state index in [9.17, 15) is 14.4 Å². The van der Waals surface area contributed by atoms with Crippen molar-refractivity contribution in [3.63, 3.8) is 0 Å².